The first-order chi connectivity index (χ1) is 13.7. The van der Waals surface area contributed by atoms with E-state index in [1.807, 2.05) is 53.2 Å². The van der Waals surface area contributed by atoms with E-state index in [1.165, 1.54) is 32.1 Å². The van der Waals surface area contributed by atoms with Gasteiger partial charge in [-0.15, -0.1) is 0 Å². The third kappa shape index (κ3) is 4.13. The molecular weight excluding hydrogens is 350 g/mol. The van der Waals surface area contributed by atoms with Gasteiger partial charge in [-0.25, -0.2) is 0 Å². The number of hydrogen-bond donors (Lipinski definition) is 1. The Labute approximate surface area is 166 Å². The fraction of sp³-hybridized carbons (Fsp3) is 0.478. The van der Waals surface area contributed by atoms with Gasteiger partial charge >= 0.3 is 0 Å². The lowest BCUT2D eigenvalue weighted by Crippen LogP contribution is -2.50. The summed E-state index contributed by atoms with van der Waals surface area (Å²) < 4.78 is 1.91. The van der Waals surface area contributed by atoms with E-state index in [0.29, 0.717) is 13.1 Å². The molecule has 1 unspecified atom stereocenters. The van der Waals surface area contributed by atoms with Crippen LogP contribution in [0.25, 0.3) is 0 Å². The van der Waals surface area contributed by atoms with Crippen molar-refractivity contribution in [3.63, 3.8) is 0 Å². The Kier molecular flexibility index (Phi) is 5.79. The van der Waals surface area contributed by atoms with Gasteiger partial charge in [0.25, 0.3) is 0 Å². The van der Waals surface area contributed by atoms with Crippen molar-refractivity contribution < 1.29 is 9.59 Å². The topological polar surface area (TPSA) is 54.3 Å². The number of aromatic nitrogens is 1. The molecule has 4 rings (SSSR count). The van der Waals surface area contributed by atoms with Crippen LogP contribution in [0.5, 0.6) is 0 Å². The summed E-state index contributed by atoms with van der Waals surface area (Å²) in [6.45, 7) is 0.746. The van der Waals surface area contributed by atoms with E-state index in [1.54, 1.807) is 4.90 Å². The Hall–Kier alpha value is -2.56. The van der Waals surface area contributed by atoms with Crippen LogP contribution >= 0.6 is 0 Å². The van der Waals surface area contributed by atoms with Gasteiger partial charge < -0.3 is 14.8 Å². The molecular formula is C23H29N3O2. The Morgan fingerprint density at radius 1 is 0.964 bits per heavy atom. The number of benzene rings is 1. The zero-order valence-corrected chi connectivity index (χ0v) is 16.3. The van der Waals surface area contributed by atoms with Crippen molar-refractivity contribution in [1.29, 1.82) is 0 Å². The highest BCUT2D eigenvalue weighted by Gasteiger charge is 2.37. The Balaban J connectivity index is 1.56. The zero-order chi connectivity index (χ0) is 19.3. The first-order valence-corrected chi connectivity index (χ1v) is 10.5. The number of rotatable bonds is 4. The van der Waals surface area contributed by atoms with Gasteiger partial charge in [0, 0.05) is 18.8 Å². The molecule has 1 aromatic heterocycles. The van der Waals surface area contributed by atoms with Gasteiger partial charge in [0.15, 0.2) is 6.04 Å². The van der Waals surface area contributed by atoms with E-state index in [2.05, 4.69) is 5.32 Å². The van der Waals surface area contributed by atoms with Crippen molar-refractivity contribution in [1.82, 2.24) is 14.8 Å². The minimum Gasteiger partial charge on any atom is -0.351 e. The maximum absolute atomic E-state index is 13.4. The third-order valence-corrected chi connectivity index (χ3v) is 5.98. The number of nitrogens with zero attached hydrogens (tertiary/aromatic N) is 2. The number of carbonyl (C=O) groups excluding carboxylic acids is 2. The number of carbonyl (C=O) groups is 2. The van der Waals surface area contributed by atoms with E-state index < -0.39 is 6.04 Å². The highest BCUT2D eigenvalue weighted by atomic mass is 16.2. The van der Waals surface area contributed by atoms with Crippen LogP contribution in [0.3, 0.4) is 0 Å². The van der Waals surface area contributed by atoms with Crippen LogP contribution < -0.4 is 5.32 Å². The molecule has 1 aromatic carbocycles. The van der Waals surface area contributed by atoms with E-state index in [4.69, 9.17) is 0 Å². The van der Waals surface area contributed by atoms with Crippen LogP contribution in [0.1, 0.15) is 62.2 Å². The molecule has 2 aromatic rings. The van der Waals surface area contributed by atoms with Crippen LogP contribution in [0, 0.1) is 0 Å². The molecule has 2 amide bonds. The van der Waals surface area contributed by atoms with Gasteiger partial charge in [-0.1, -0.05) is 62.4 Å². The van der Waals surface area contributed by atoms with Crippen molar-refractivity contribution in [2.24, 2.45) is 0 Å². The Morgan fingerprint density at radius 3 is 2.43 bits per heavy atom. The molecule has 1 fully saturated rings. The quantitative estimate of drug-likeness (QED) is 0.878. The van der Waals surface area contributed by atoms with Crippen molar-refractivity contribution in [2.45, 2.75) is 70.1 Å². The van der Waals surface area contributed by atoms with Crippen molar-refractivity contribution in [3.8, 4) is 0 Å². The summed E-state index contributed by atoms with van der Waals surface area (Å²) in [5, 5.41) is 3.28. The van der Waals surface area contributed by atoms with Crippen LogP contribution in [-0.4, -0.2) is 27.3 Å². The first kappa shape index (κ1) is 18.8. The molecule has 148 valence electrons. The van der Waals surface area contributed by atoms with Gasteiger partial charge in [0.2, 0.25) is 11.8 Å². The summed E-state index contributed by atoms with van der Waals surface area (Å²) in [7, 11) is 0. The maximum atomic E-state index is 13.4. The Morgan fingerprint density at radius 2 is 1.68 bits per heavy atom. The first-order valence-electron chi connectivity index (χ1n) is 10.5. The van der Waals surface area contributed by atoms with Gasteiger partial charge in [-0.05, 0) is 30.5 Å². The summed E-state index contributed by atoms with van der Waals surface area (Å²) in [6, 6.07) is 13.4. The molecule has 2 heterocycles. The predicted molar refractivity (Wildman–Crippen MR) is 108 cm³/mol. The average molecular weight is 380 g/mol. The molecule has 28 heavy (non-hydrogen) atoms. The van der Waals surface area contributed by atoms with E-state index in [9.17, 15) is 9.59 Å². The number of nitrogens with one attached hydrogen (secondary N) is 1. The minimum absolute atomic E-state index is 0.00892. The molecule has 5 nitrogen and oxygen atoms in total. The second-order valence-electron chi connectivity index (χ2n) is 8.02. The molecule has 2 aliphatic rings. The van der Waals surface area contributed by atoms with Crippen LogP contribution in [0.2, 0.25) is 0 Å². The van der Waals surface area contributed by atoms with Crippen LogP contribution in [0.4, 0.5) is 0 Å². The van der Waals surface area contributed by atoms with Gasteiger partial charge in [-0.3, -0.25) is 9.59 Å². The van der Waals surface area contributed by atoms with E-state index >= 15 is 0 Å². The molecule has 5 heteroatoms. The summed E-state index contributed by atoms with van der Waals surface area (Å²) in [5.74, 6) is -0.0557. The fourth-order valence-corrected chi connectivity index (χ4v) is 4.48. The number of hydrogen-bond acceptors (Lipinski definition) is 2. The standard InChI is InChI=1S/C23H29N3O2/c27-21-17-25-15-9-14-20(25)22(26(21)16-18-10-5-4-6-11-18)23(28)24-19-12-7-2-1-3-8-13-19/h4-6,9-11,14-15,19,22H,1-3,7-8,12-13,16-17H2,(H,24,28). The van der Waals surface area contributed by atoms with Crippen molar-refractivity contribution >= 4 is 11.8 Å². The molecule has 0 spiro atoms. The monoisotopic (exact) mass is 379 g/mol. The lowest BCUT2D eigenvalue weighted by molar-refractivity contribution is -0.144. The maximum Gasteiger partial charge on any atom is 0.249 e. The third-order valence-electron chi connectivity index (χ3n) is 5.98. The van der Waals surface area contributed by atoms with Crippen molar-refractivity contribution in [3.05, 3.63) is 59.9 Å². The van der Waals surface area contributed by atoms with Crippen molar-refractivity contribution in [2.75, 3.05) is 0 Å². The zero-order valence-electron chi connectivity index (χ0n) is 16.3. The summed E-state index contributed by atoms with van der Waals surface area (Å²) >= 11 is 0. The molecule has 1 saturated carbocycles. The van der Waals surface area contributed by atoms with E-state index in [-0.39, 0.29) is 17.9 Å². The van der Waals surface area contributed by atoms with Crippen LogP contribution in [0.15, 0.2) is 48.7 Å². The highest BCUT2D eigenvalue weighted by Crippen LogP contribution is 2.29. The average Bonchev–Trinajstić information content (AvgIpc) is 3.12. The molecule has 1 aliphatic heterocycles. The molecule has 0 saturated heterocycles. The summed E-state index contributed by atoms with van der Waals surface area (Å²) in [5.41, 5.74) is 1.94. The fourth-order valence-electron chi connectivity index (χ4n) is 4.48. The summed E-state index contributed by atoms with van der Waals surface area (Å²) in [6.07, 6.45) is 10.1. The molecule has 0 radical (unpaired) electrons. The number of fused-ring (bicyclic) bond motifs is 1. The molecule has 0 bridgehead atoms. The second-order valence-corrected chi connectivity index (χ2v) is 8.02. The highest BCUT2D eigenvalue weighted by molar-refractivity contribution is 5.90. The largest absolute Gasteiger partial charge is 0.351 e. The van der Waals surface area contributed by atoms with Gasteiger partial charge in [0.05, 0.1) is 5.69 Å². The minimum atomic E-state index is -0.568. The molecule has 1 N–H and O–H groups in total. The lowest BCUT2D eigenvalue weighted by Gasteiger charge is -2.37. The second kappa shape index (κ2) is 8.63. The molecule has 1 atom stereocenters. The van der Waals surface area contributed by atoms with Gasteiger partial charge in [-0.2, -0.15) is 0 Å². The van der Waals surface area contributed by atoms with E-state index in [0.717, 1.165) is 24.1 Å². The van der Waals surface area contributed by atoms with Crippen LogP contribution in [-0.2, 0) is 22.7 Å². The summed E-state index contributed by atoms with van der Waals surface area (Å²) in [4.78, 5) is 28.0. The normalized spacial score (nSPS) is 20.9. The number of amides is 2. The SMILES string of the molecule is O=C(NC1CCCCCCC1)C1c2cccn2CC(=O)N1Cc1ccccc1. The molecule has 1 aliphatic carbocycles. The Bertz CT molecular complexity index is 806. The predicted octanol–water partition coefficient (Wildman–Crippen LogP) is 3.80. The lowest BCUT2D eigenvalue weighted by atomic mass is 9.96. The van der Waals surface area contributed by atoms with Gasteiger partial charge in [0.1, 0.15) is 6.54 Å². The smallest absolute Gasteiger partial charge is 0.249 e.